The highest BCUT2D eigenvalue weighted by atomic mass is 35.5. The van der Waals surface area contributed by atoms with E-state index in [2.05, 4.69) is 4.72 Å². The summed E-state index contributed by atoms with van der Waals surface area (Å²) in [6.45, 7) is 1.99. The lowest BCUT2D eigenvalue weighted by molar-refractivity contribution is 0.191. The Kier molecular flexibility index (Phi) is 8.16. The monoisotopic (exact) mass is 545 g/mol. The molecule has 1 aliphatic heterocycles. The molecule has 1 saturated heterocycles. The third kappa shape index (κ3) is 6.04. The van der Waals surface area contributed by atoms with Crippen LogP contribution in [-0.2, 0) is 20.0 Å². The predicted octanol–water partition coefficient (Wildman–Crippen LogP) is 3.59. The highest BCUT2D eigenvalue weighted by Gasteiger charge is 2.30. The van der Waals surface area contributed by atoms with Crippen molar-refractivity contribution in [3.63, 3.8) is 0 Å². The van der Waals surface area contributed by atoms with Crippen LogP contribution in [0.3, 0.4) is 0 Å². The Hall–Kier alpha value is -0.620. The highest BCUT2D eigenvalue weighted by Crippen LogP contribution is 2.28. The second kappa shape index (κ2) is 10.1. The molecular weight excluding hydrogens is 528 g/mol. The van der Waals surface area contributed by atoms with Crippen molar-refractivity contribution in [2.45, 2.75) is 9.79 Å². The molecule has 3 rings (SSSR count). The third-order valence-corrected chi connectivity index (χ3v) is 9.54. The lowest BCUT2D eigenvalue weighted by atomic mass is 10.3. The summed E-state index contributed by atoms with van der Waals surface area (Å²) in [7, 11) is -7.53. The number of piperazine rings is 1. The Labute approximate surface area is 201 Å². The molecule has 170 valence electrons. The van der Waals surface area contributed by atoms with Crippen LogP contribution in [0.15, 0.2) is 46.2 Å². The van der Waals surface area contributed by atoms with Gasteiger partial charge in [-0.2, -0.15) is 4.31 Å². The predicted molar refractivity (Wildman–Crippen MR) is 123 cm³/mol. The average molecular weight is 547 g/mol. The van der Waals surface area contributed by atoms with Crippen molar-refractivity contribution in [1.82, 2.24) is 13.9 Å². The number of rotatable bonds is 7. The van der Waals surface area contributed by atoms with Gasteiger partial charge in [-0.25, -0.2) is 21.6 Å². The van der Waals surface area contributed by atoms with E-state index in [9.17, 15) is 16.8 Å². The second-order valence-corrected chi connectivity index (χ2v) is 12.1. The fourth-order valence-electron chi connectivity index (χ4n) is 3.13. The minimum Gasteiger partial charge on any atom is -0.299 e. The number of nitrogens with one attached hydrogen (secondary N) is 1. The topological polar surface area (TPSA) is 86.8 Å². The van der Waals surface area contributed by atoms with Gasteiger partial charge in [0, 0.05) is 49.3 Å². The van der Waals surface area contributed by atoms with Crippen molar-refractivity contribution >= 4 is 66.5 Å². The maximum atomic E-state index is 12.9. The van der Waals surface area contributed by atoms with Gasteiger partial charge in [-0.1, -0.05) is 46.4 Å². The number of hydrogen-bond donors (Lipinski definition) is 1. The molecule has 1 fully saturated rings. The summed E-state index contributed by atoms with van der Waals surface area (Å²) < 4.78 is 54.4. The molecule has 31 heavy (non-hydrogen) atoms. The summed E-state index contributed by atoms with van der Waals surface area (Å²) in [4.78, 5) is 1.94. The Balaban J connectivity index is 1.54. The number of nitrogens with zero attached hydrogens (tertiary/aromatic N) is 2. The first kappa shape index (κ1) is 25.0. The summed E-state index contributed by atoms with van der Waals surface area (Å²) in [5.41, 5.74) is 0. The lowest BCUT2D eigenvalue weighted by Crippen LogP contribution is -2.50. The van der Waals surface area contributed by atoms with Crippen molar-refractivity contribution in [3.8, 4) is 0 Å². The van der Waals surface area contributed by atoms with Crippen molar-refractivity contribution in [3.05, 3.63) is 56.5 Å². The molecule has 1 aliphatic rings. The number of benzene rings is 2. The molecule has 13 heteroatoms. The molecule has 0 aliphatic carbocycles. The molecular formula is C18H19Cl4N3O4S2. The Morgan fingerprint density at radius 2 is 1.29 bits per heavy atom. The molecule has 7 nitrogen and oxygen atoms in total. The summed E-state index contributed by atoms with van der Waals surface area (Å²) in [6, 6.07) is 8.43. The van der Waals surface area contributed by atoms with Gasteiger partial charge in [0.1, 0.15) is 9.79 Å². The van der Waals surface area contributed by atoms with Crippen molar-refractivity contribution in [2.75, 3.05) is 39.3 Å². The Bertz CT molecular complexity index is 1170. The first-order valence-corrected chi connectivity index (χ1v) is 13.6. The fraction of sp³-hybridized carbons (Fsp3) is 0.333. The van der Waals surface area contributed by atoms with Crippen LogP contribution in [0.2, 0.25) is 20.1 Å². The number of hydrogen-bond acceptors (Lipinski definition) is 5. The molecule has 1 N–H and O–H groups in total. The van der Waals surface area contributed by atoms with Crippen molar-refractivity contribution in [2.24, 2.45) is 0 Å². The fourth-order valence-corrected chi connectivity index (χ4v) is 7.09. The van der Waals surface area contributed by atoms with Gasteiger partial charge in [-0.05, 0) is 36.4 Å². The summed E-state index contributed by atoms with van der Waals surface area (Å²) in [5.74, 6) is 0. The normalized spacial score (nSPS) is 16.5. The van der Waals surface area contributed by atoms with Gasteiger partial charge in [0.2, 0.25) is 20.0 Å². The van der Waals surface area contributed by atoms with E-state index in [1.54, 1.807) is 0 Å². The molecule has 0 saturated carbocycles. The van der Waals surface area contributed by atoms with Gasteiger partial charge < -0.3 is 0 Å². The number of halogens is 4. The zero-order chi connectivity index (χ0) is 22.8. The standard InChI is InChI=1S/C18H19Cl4N3O4S2/c19-13-1-3-17(15(21)11-13)30(26,27)23-5-6-24-7-9-25(10-8-24)31(28,29)18-4-2-14(20)12-16(18)22/h1-4,11-12,23H,5-10H2. The zero-order valence-electron chi connectivity index (χ0n) is 16.1. The van der Waals surface area contributed by atoms with Gasteiger partial charge in [0.25, 0.3) is 0 Å². The second-order valence-electron chi connectivity index (χ2n) is 6.79. The van der Waals surface area contributed by atoms with E-state index in [1.807, 2.05) is 4.90 Å². The Morgan fingerprint density at radius 1 is 0.774 bits per heavy atom. The zero-order valence-corrected chi connectivity index (χ0v) is 20.7. The summed E-state index contributed by atoms with van der Waals surface area (Å²) in [5, 5.41) is 0.817. The maximum absolute atomic E-state index is 12.9. The Morgan fingerprint density at radius 3 is 1.81 bits per heavy atom. The average Bonchev–Trinajstić information content (AvgIpc) is 2.67. The minimum absolute atomic E-state index is 0.0135. The van der Waals surface area contributed by atoms with E-state index >= 15 is 0 Å². The van der Waals surface area contributed by atoms with Crippen LogP contribution in [0, 0.1) is 0 Å². The van der Waals surface area contributed by atoms with E-state index in [1.165, 1.54) is 40.7 Å². The first-order valence-electron chi connectivity index (χ1n) is 9.13. The van der Waals surface area contributed by atoms with Crippen LogP contribution in [-0.4, -0.2) is 65.3 Å². The van der Waals surface area contributed by atoms with Crippen molar-refractivity contribution < 1.29 is 16.8 Å². The molecule has 0 atom stereocenters. The molecule has 2 aromatic rings. The van der Waals surface area contributed by atoms with Crippen molar-refractivity contribution in [1.29, 1.82) is 0 Å². The van der Waals surface area contributed by atoms with Crippen LogP contribution in [0.1, 0.15) is 0 Å². The van der Waals surface area contributed by atoms with Gasteiger partial charge in [-0.15, -0.1) is 0 Å². The smallest absolute Gasteiger partial charge is 0.244 e. The molecule has 0 bridgehead atoms. The number of sulfonamides is 2. The van der Waals surface area contributed by atoms with Crippen LogP contribution in [0.4, 0.5) is 0 Å². The van der Waals surface area contributed by atoms with Crippen LogP contribution >= 0.6 is 46.4 Å². The van der Waals surface area contributed by atoms with Crippen LogP contribution < -0.4 is 4.72 Å². The molecule has 0 spiro atoms. The van der Waals surface area contributed by atoms with E-state index in [0.29, 0.717) is 29.7 Å². The molecule has 2 aromatic carbocycles. The molecule has 0 aromatic heterocycles. The first-order chi connectivity index (χ1) is 14.5. The SMILES string of the molecule is O=S(=O)(NCCN1CCN(S(=O)(=O)c2ccc(Cl)cc2Cl)CC1)c1ccc(Cl)cc1Cl. The van der Waals surface area contributed by atoms with E-state index in [0.717, 1.165) is 0 Å². The maximum Gasteiger partial charge on any atom is 0.244 e. The van der Waals surface area contributed by atoms with Gasteiger partial charge >= 0.3 is 0 Å². The van der Waals surface area contributed by atoms with E-state index in [4.69, 9.17) is 46.4 Å². The molecule has 0 radical (unpaired) electrons. The summed E-state index contributed by atoms with van der Waals surface area (Å²) >= 11 is 23.7. The minimum atomic E-state index is -3.79. The molecule has 0 unspecified atom stereocenters. The van der Waals surface area contributed by atoms with Gasteiger partial charge in [-0.3, -0.25) is 4.90 Å². The lowest BCUT2D eigenvalue weighted by Gasteiger charge is -2.34. The van der Waals surface area contributed by atoms with Crippen LogP contribution in [0.25, 0.3) is 0 Å². The largest absolute Gasteiger partial charge is 0.299 e. The quantitative estimate of drug-likeness (QED) is 0.573. The van der Waals surface area contributed by atoms with Gasteiger partial charge in [0.15, 0.2) is 0 Å². The summed E-state index contributed by atoms with van der Waals surface area (Å²) in [6.07, 6.45) is 0. The van der Waals surface area contributed by atoms with Crippen LogP contribution in [0.5, 0.6) is 0 Å². The third-order valence-electron chi connectivity index (χ3n) is 4.75. The van der Waals surface area contributed by atoms with E-state index in [-0.39, 0.29) is 39.5 Å². The van der Waals surface area contributed by atoms with E-state index < -0.39 is 20.0 Å². The molecule has 1 heterocycles. The van der Waals surface area contributed by atoms with Gasteiger partial charge in [0.05, 0.1) is 10.0 Å². The highest BCUT2D eigenvalue weighted by molar-refractivity contribution is 7.89. The molecule has 0 amide bonds.